The van der Waals surface area contributed by atoms with Gasteiger partial charge in [-0.1, -0.05) is 25.7 Å². The summed E-state index contributed by atoms with van der Waals surface area (Å²) < 4.78 is 10.2. The maximum absolute atomic E-state index is 12.0. The zero-order valence-electron chi connectivity index (χ0n) is 10.8. The third kappa shape index (κ3) is 3.19. The molecule has 1 saturated carbocycles. The normalized spacial score (nSPS) is 22.2. The highest BCUT2D eigenvalue weighted by Gasteiger charge is 2.41. The highest BCUT2D eigenvalue weighted by Crippen LogP contribution is 2.28. The number of carboxylic acid groups (broad SMARTS) is 1. The Morgan fingerprint density at radius 1 is 1.16 bits per heavy atom. The minimum atomic E-state index is -1.17. The van der Waals surface area contributed by atoms with Crippen molar-refractivity contribution in [3.05, 3.63) is 12.0 Å². The Labute approximate surface area is 111 Å². The monoisotopic (exact) mass is 269 g/mol. The van der Waals surface area contributed by atoms with E-state index in [-0.39, 0.29) is 5.76 Å². The first kappa shape index (κ1) is 13.7. The maximum Gasteiger partial charge on any atom is 0.329 e. The molecule has 1 fully saturated rings. The number of carboxylic acids is 1. The van der Waals surface area contributed by atoms with Gasteiger partial charge in [0, 0.05) is 0 Å². The van der Waals surface area contributed by atoms with E-state index < -0.39 is 17.4 Å². The van der Waals surface area contributed by atoms with Crippen molar-refractivity contribution in [1.29, 1.82) is 0 Å². The van der Waals surface area contributed by atoms with Crippen LogP contribution in [-0.4, -0.2) is 35.7 Å². The zero-order valence-corrected chi connectivity index (χ0v) is 10.8. The van der Waals surface area contributed by atoms with Crippen molar-refractivity contribution in [2.24, 2.45) is 0 Å². The van der Waals surface area contributed by atoms with Gasteiger partial charge in [0.15, 0.2) is 0 Å². The molecule has 6 nitrogen and oxygen atoms in total. The van der Waals surface area contributed by atoms with Crippen molar-refractivity contribution in [2.45, 2.75) is 44.1 Å². The summed E-state index contributed by atoms with van der Waals surface area (Å²) in [5, 5.41) is 12.1. The molecule has 0 aromatic rings. The molecule has 0 unspecified atom stereocenters. The van der Waals surface area contributed by atoms with E-state index in [1.54, 1.807) is 0 Å². The molecule has 2 rings (SSSR count). The Morgan fingerprint density at radius 3 is 2.37 bits per heavy atom. The summed E-state index contributed by atoms with van der Waals surface area (Å²) in [6.07, 6.45) is 5.79. The van der Waals surface area contributed by atoms with E-state index >= 15 is 0 Å². The number of aliphatic carboxylic acids is 1. The molecule has 0 atom stereocenters. The second-order valence-electron chi connectivity index (χ2n) is 4.96. The Bertz CT molecular complexity index is 382. The first-order chi connectivity index (χ1) is 9.14. The number of nitrogens with one attached hydrogen (secondary N) is 1. The molecule has 0 saturated heterocycles. The largest absolute Gasteiger partial charge is 0.494 e. The average Bonchev–Trinajstić information content (AvgIpc) is 2.66. The molecular weight excluding hydrogens is 250 g/mol. The smallest absolute Gasteiger partial charge is 0.329 e. The molecule has 0 radical (unpaired) electrons. The third-order valence-corrected chi connectivity index (χ3v) is 3.59. The van der Waals surface area contributed by atoms with E-state index in [0.717, 1.165) is 25.7 Å². The molecule has 1 amide bonds. The number of hydrogen-bond acceptors (Lipinski definition) is 4. The second-order valence-corrected chi connectivity index (χ2v) is 4.96. The van der Waals surface area contributed by atoms with Crippen LogP contribution in [0.5, 0.6) is 0 Å². The second kappa shape index (κ2) is 5.95. The minimum absolute atomic E-state index is 0.0520. The van der Waals surface area contributed by atoms with Gasteiger partial charge >= 0.3 is 5.97 Å². The van der Waals surface area contributed by atoms with E-state index in [9.17, 15) is 14.7 Å². The maximum atomic E-state index is 12.0. The zero-order chi connectivity index (χ0) is 13.7. The van der Waals surface area contributed by atoms with Gasteiger partial charge in [0.05, 0.1) is 0 Å². The van der Waals surface area contributed by atoms with E-state index in [0.29, 0.717) is 26.1 Å². The fourth-order valence-electron chi connectivity index (χ4n) is 2.49. The molecular formula is C13H19NO5. The van der Waals surface area contributed by atoms with Crippen LogP contribution < -0.4 is 5.32 Å². The Morgan fingerprint density at radius 2 is 1.84 bits per heavy atom. The number of rotatable bonds is 3. The summed E-state index contributed by atoms with van der Waals surface area (Å²) in [5.41, 5.74) is -1.17. The Kier molecular flexibility index (Phi) is 4.29. The minimum Gasteiger partial charge on any atom is -0.494 e. The summed E-state index contributed by atoms with van der Waals surface area (Å²) in [6.45, 7) is 0.709. The van der Waals surface area contributed by atoms with Crippen molar-refractivity contribution in [2.75, 3.05) is 13.2 Å². The molecule has 0 aromatic carbocycles. The van der Waals surface area contributed by atoms with E-state index in [1.165, 1.54) is 6.26 Å². The molecule has 1 aliphatic carbocycles. The van der Waals surface area contributed by atoms with Crippen LogP contribution >= 0.6 is 0 Å². The van der Waals surface area contributed by atoms with Crippen molar-refractivity contribution < 1.29 is 24.2 Å². The fourth-order valence-corrected chi connectivity index (χ4v) is 2.49. The van der Waals surface area contributed by atoms with E-state index in [2.05, 4.69) is 5.32 Å². The molecule has 0 aromatic heterocycles. The van der Waals surface area contributed by atoms with E-state index in [1.807, 2.05) is 0 Å². The summed E-state index contributed by atoms with van der Waals surface area (Å²) in [7, 11) is 0. The SMILES string of the molecule is O=C(NC1(C(=O)O)CCCCCC1)C1=COCCO1. The van der Waals surface area contributed by atoms with Crippen molar-refractivity contribution in [3.63, 3.8) is 0 Å². The predicted molar refractivity (Wildman–Crippen MR) is 66.2 cm³/mol. The van der Waals surface area contributed by atoms with Gasteiger partial charge in [-0.15, -0.1) is 0 Å². The van der Waals surface area contributed by atoms with Gasteiger partial charge in [-0.05, 0) is 12.8 Å². The van der Waals surface area contributed by atoms with Gasteiger partial charge in [0.2, 0.25) is 5.76 Å². The highest BCUT2D eigenvalue weighted by molar-refractivity contribution is 5.95. The predicted octanol–water partition coefficient (Wildman–Crippen LogP) is 1.17. The standard InChI is InChI=1S/C13H19NO5/c15-11(10-9-18-7-8-19-10)14-13(12(16)17)5-3-1-2-4-6-13/h9H,1-8H2,(H,14,15)(H,16,17). The quantitative estimate of drug-likeness (QED) is 0.751. The topological polar surface area (TPSA) is 84.9 Å². The van der Waals surface area contributed by atoms with Crippen LogP contribution in [0.4, 0.5) is 0 Å². The lowest BCUT2D eigenvalue weighted by Gasteiger charge is -2.29. The van der Waals surface area contributed by atoms with Crippen LogP contribution in [-0.2, 0) is 19.1 Å². The van der Waals surface area contributed by atoms with Crippen molar-refractivity contribution in [3.8, 4) is 0 Å². The molecule has 0 bridgehead atoms. The Balaban J connectivity index is 2.09. The lowest BCUT2D eigenvalue weighted by Crippen LogP contribution is -2.54. The van der Waals surface area contributed by atoms with Gasteiger partial charge < -0.3 is 19.9 Å². The lowest BCUT2D eigenvalue weighted by molar-refractivity contribution is -0.148. The van der Waals surface area contributed by atoms with Crippen LogP contribution in [0.2, 0.25) is 0 Å². The molecule has 1 aliphatic heterocycles. The van der Waals surface area contributed by atoms with Crippen molar-refractivity contribution in [1.82, 2.24) is 5.32 Å². The molecule has 6 heteroatoms. The fraction of sp³-hybridized carbons (Fsp3) is 0.692. The molecule has 0 spiro atoms. The Hall–Kier alpha value is -1.72. The van der Waals surface area contributed by atoms with Crippen LogP contribution in [0.25, 0.3) is 0 Å². The molecule has 2 N–H and O–H groups in total. The first-order valence-electron chi connectivity index (χ1n) is 6.64. The van der Waals surface area contributed by atoms with Crippen molar-refractivity contribution >= 4 is 11.9 Å². The molecule has 1 heterocycles. The van der Waals surface area contributed by atoms with Crippen LogP contribution in [0.3, 0.4) is 0 Å². The third-order valence-electron chi connectivity index (χ3n) is 3.59. The number of amides is 1. The summed E-state index contributed by atoms with van der Waals surface area (Å²) >= 11 is 0. The highest BCUT2D eigenvalue weighted by atomic mass is 16.6. The van der Waals surface area contributed by atoms with Gasteiger partial charge in [-0.25, -0.2) is 4.79 Å². The van der Waals surface area contributed by atoms with Crippen LogP contribution in [0.1, 0.15) is 38.5 Å². The summed E-state index contributed by atoms with van der Waals surface area (Å²) in [4.78, 5) is 23.6. The first-order valence-corrected chi connectivity index (χ1v) is 6.64. The van der Waals surface area contributed by atoms with Crippen LogP contribution in [0, 0.1) is 0 Å². The molecule has 2 aliphatic rings. The van der Waals surface area contributed by atoms with Crippen LogP contribution in [0.15, 0.2) is 12.0 Å². The van der Waals surface area contributed by atoms with Gasteiger partial charge in [0.1, 0.15) is 25.0 Å². The number of carbonyl (C=O) groups is 2. The molecule has 106 valence electrons. The average molecular weight is 269 g/mol. The van der Waals surface area contributed by atoms with E-state index in [4.69, 9.17) is 9.47 Å². The van der Waals surface area contributed by atoms with Gasteiger partial charge in [0.25, 0.3) is 5.91 Å². The summed E-state index contributed by atoms with van der Waals surface area (Å²) in [5.74, 6) is -1.43. The number of hydrogen-bond donors (Lipinski definition) is 2. The molecule has 19 heavy (non-hydrogen) atoms. The number of carbonyl (C=O) groups excluding carboxylic acids is 1. The number of ether oxygens (including phenoxy) is 2. The van der Waals surface area contributed by atoms with Gasteiger partial charge in [-0.2, -0.15) is 0 Å². The van der Waals surface area contributed by atoms with Gasteiger partial charge in [-0.3, -0.25) is 4.79 Å². The lowest BCUT2D eigenvalue weighted by atomic mass is 9.90. The summed E-state index contributed by atoms with van der Waals surface area (Å²) in [6, 6.07) is 0.